The molecule has 2 rings (SSSR count). The Morgan fingerprint density at radius 3 is 2.57 bits per heavy atom. The van der Waals surface area contributed by atoms with E-state index in [1.165, 1.54) is 12.8 Å². The molecule has 0 heterocycles. The average Bonchev–Trinajstić information content (AvgIpc) is 3.25. The topological polar surface area (TPSA) is 50.7 Å². The lowest BCUT2D eigenvalue weighted by atomic mass is 9.95. The van der Waals surface area contributed by atoms with Gasteiger partial charge in [0.05, 0.1) is 19.3 Å². The molecule has 0 radical (unpaired) electrons. The summed E-state index contributed by atoms with van der Waals surface area (Å²) >= 11 is 0. The number of benzene rings is 1. The van der Waals surface area contributed by atoms with Crippen LogP contribution in [0.15, 0.2) is 24.3 Å². The van der Waals surface area contributed by atoms with Crippen LogP contribution in [0, 0.1) is 0 Å². The van der Waals surface area contributed by atoms with Gasteiger partial charge >= 0.3 is 0 Å². The van der Waals surface area contributed by atoms with Crippen LogP contribution in [0.2, 0.25) is 0 Å². The fourth-order valence-corrected chi connectivity index (χ4v) is 2.60. The average molecular weight is 293 g/mol. The normalized spacial score (nSPS) is 18.9. The van der Waals surface area contributed by atoms with Crippen molar-refractivity contribution >= 4 is 0 Å². The molecule has 0 bridgehead atoms. The van der Waals surface area contributed by atoms with Crippen LogP contribution in [0.4, 0.5) is 0 Å². The Hall–Kier alpha value is -1.26. The molecule has 1 fully saturated rings. The summed E-state index contributed by atoms with van der Waals surface area (Å²) in [6.45, 7) is 6.78. The van der Waals surface area contributed by atoms with Gasteiger partial charge in [-0.2, -0.15) is 0 Å². The summed E-state index contributed by atoms with van der Waals surface area (Å²) < 4.78 is 11.6. The van der Waals surface area contributed by atoms with Gasteiger partial charge < -0.3 is 19.9 Å². The minimum atomic E-state index is -0.291. The van der Waals surface area contributed by atoms with Gasteiger partial charge in [0.25, 0.3) is 0 Å². The molecule has 4 heteroatoms. The lowest BCUT2D eigenvalue weighted by Gasteiger charge is -2.32. The van der Waals surface area contributed by atoms with Crippen LogP contribution in [-0.4, -0.2) is 36.0 Å². The predicted molar refractivity (Wildman–Crippen MR) is 84.0 cm³/mol. The third kappa shape index (κ3) is 4.90. The Bertz CT molecular complexity index is 447. The Morgan fingerprint density at radius 2 is 2.00 bits per heavy atom. The fourth-order valence-electron chi connectivity index (χ4n) is 2.60. The van der Waals surface area contributed by atoms with Crippen LogP contribution in [-0.2, 0) is 0 Å². The lowest BCUT2D eigenvalue weighted by Crippen LogP contribution is -2.49. The second kappa shape index (κ2) is 7.14. The highest BCUT2D eigenvalue weighted by atomic mass is 16.5. The van der Waals surface area contributed by atoms with E-state index in [4.69, 9.17) is 9.47 Å². The molecule has 0 amide bonds. The van der Waals surface area contributed by atoms with Gasteiger partial charge in [0.2, 0.25) is 0 Å². The maximum atomic E-state index is 9.67. The van der Waals surface area contributed by atoms with Crippen molar-refractivity contribution in [3.63, 3.8) is 0 Å². The summed E-state index contributed by atoms with van der Waals surface area (Å²) in [5.41, 5.74) is -0.291. The number of aliphatic hydroxyl groups is 1. The SMILES string of the molecule is CCOc1ccccc1OC(C)CC(C)(CO)NC1CC1. The number of hydrogen-bond donors (Lipinski definition) is 2. The van der Waals surface area contributed by atoms with Crippen LogP contribution in [0.25, 0.3) is 0 Å². The minimum Gasteiger partial charge on any atom is -0.490 e. The van der Waals surface area contributed by atoms with Crippen LogP contribution < -0.4 is 14.8 Å². The largest absolute Gasteiger partial charge is 0.490 e. The number of aliphatic hydroxyl groups excluding tert-OH is 1. The van der Waals surface area contributed by atoms with Crippen LogP contribution in [0.5, 0.6) is 11.5 Å². The minimum absolute atomic E-state index is 0.00462. The first-order valence-corrected chi connectivity index (χ1v) is 7.83. The van der Waals surface area contributed by atoms with Crippen molar-refractivity contribution in [2.24, 2.45) is 0 Å². The number of rotatable bonds is 9. The molecule has 2 atom stereocenters. The van der Waals surface area contributed by atoms with Crippen molar-refractivity contribution in [2.45, 2.75) is 57.7 Å². The Balaban J connectivity index is 1.95. The molecule has 21 heavy (non-hydrogen) atoms. The Kier molecular flexibility index (Phi) is 5.48. The van der Waals surface area contributed by atoms with Gasteiger partial charge in [-0.1, -0.05) is 12.1 Å². The van der Waals surface area contributed by atoms with E-state index in [0.29, 0.717) is 12.6 Å². The number of nitrogens with one attached hydrogen (secondary N) is 1. The standard InChI is InChI=1S/C17H27NO3/c1-4-20-15-7-5-6-8-16(15)21-13(2)11-17(3,12-19)18-14-9-10-14/h5-8,13-14,18-19H,4,9-12H2,1-3H3. The van der Waals surface area contributed by atoms with Gasteiger partial charge in [0.15, 0.2) is 11.5 Å². The van der Waals surface area contributed by atoms with Crippen molar-refractivity contribution in [3.05, 3.63) is 24.3 Å². The number of hydrogen-bond acceptors (Lipinski definition) is 4. The van der Waals surface area contributed by atoms with Gasteiger partial charge in [-0.15, -0.1) is 0 Å². The number of para-hydroxylation sites is 2. The summed E-state index contributed by atoms with van der Waals surface area (Å²) in [5.74, 6) is 1.53. The molecule has 0 aliphatic heterocycles. The summed E-state index contributed by atoms with van der Waals surface area (Å²) in [6.07, 6.45) is 3.16. The van der Waals surface area contributed by atoms with Crippen LogP contribution in [0.3, 0.4) is 0 Å². The van der Waals surface area contributed by atoms with Crippen molar-refractivity contribution in [1.29, 1.82) is 0 Å². The first-order chi connectivity index (χ1) is 10.1. The van der Waals surface area contributed by atoms with Crippen molar-refractivity contribution in [2.75, 3.05) is 13.2 Å². The zero-order valence-corrected chi connectivity index (χ0v) is 13.3. The summed E-state index contributed by atoms with van der Waals surface area (Å²) in [7, 11) is 0. The van der Waals surface area contributed by atoms with Crippen LogP contribution in [0.1, 0.15) is 40.0 Å². The molecule has 0 spiro atoms. The fraction of sp³-hybridized carbons (Fsp3) is 0.647. The molecule has 1 aromatic carbocycles. The lowest BCUT2D eigenvalue weighted by molar-refractivity contribution is 0.106. The van der Waals surface area contributed by atoms with E-state index in [1.54, 1.807) is 0 Å². The molecule has 118 valence electrons. The van der Waals surface area contributed by atoms with E-state index < -0.39 is 0 Å². The predicted octanol–water partition coefficient (Wildman–Crippen LogP) is 2.75. The highest BCUT2D eigenvalue weighted by Gasteiger charge is 2.33. The van der Waals surface area contributed by atoms with E-state index in [-0.39, 0.29) is 18.2 Å². The highest BCUT2D eigenvalue weighted by molar-refractivity contribution is 5.39. The molecule has 1 aliphatic carbocycles. The van der Waals surface area contributed by atoms with Gasteiger partial charge in [0, 0.05) is 18.0 Å². The van der Waals surface area contributed by atoms with Crippen LogP contribution >= 0.6 is 0 Å². The first-order valence-electron chi connectivity index (χ1n) is 7.83. The molecule has 4 nitrogen and oxygen atoms in total. The molecule has 1 saturated carbocycles. The van der Waals surface area contributed by atoms with Crippen molar-refractivity contribution in [1.82, 2.24) is 5.32 Å². The van der Waals surface area contributed by atoms with E-state index in [1.807, 2.05) is 38.1 Å². The first kappa shape index (κ1) is 16.1. The van der Waals surface area contributed by atoms with E-state index in [0.717, 1.165) is 17.9 Å². The number of ether oxygens (including phenoxy) is 2. The molecule has 0 aromatic heterocycles. The van der Waals surface area contributed by atoms with Gasteiger partial charge in [-0.25, -0.2) is 0 Å². The third-order valence-corrected chi connectivity index (χ3v) is 3.69. The zero-order chi connectivity index (χ0) is 15.3. The molecular weight excluding hydrogens is 266 g/mol. The smallest absolute Gasteiger partial charge is 0.161 e. The van der Waals surface area contributed by atoms with Gasteiger partial charge in [-0.3, -0.25) is 0 Å². The Morgan fingerprint density at radius 1 is 1.33 bits per heavy atom. The molecule has 1 aromatic rings. The van der Waals surface area contributed by atoms with E-state index >= 15 is 0 Å². The maximum Gasteiger partial charge on any atom is 0.161 e. The molecule has 2 unspecified atom stereocenters. The quantitative estimate of drug-likeness (QED) is 0.735. The van der Waals surface area contributed by atoms with Gasteiger partial charge in [0.1, 0.15) is 0 Å². The highest BCUT2D eigenvalue weighted by Crippen LogP contribution is 2.30. The second-order valence-corrected chi connectivity index (χ2v) is 6.15. The zero-order valence-electron chi connectivity index (χ0n) is 13.3. The van der Waals surface area contributed by atoms with Crippen molar-refractivity contribution < 1.29 is 14.6 Å². The van der Waals surface area contributed by atoms with Gasteiger partial charge in [-0.05, 0) is 45.7 Å². The maximum absolute atomic E-state index is 9.67. The molecule has 1 aliphatic rings. The summed E-state index contributed by atoms with van der Waals surface area (Å²) in [4.78, 5) is 0. The monoisotopic (exact) mass is 293 g/mol. The van der Waals surface area contributed by atoms with Crippen molar-refractivity contribution in [3.8, 4) is 11.5 Å². The summed E-state index contributed by atoms with van der Waals surface area (Å²) in [6, 6.07) is 8.28. The Labute approximate surface area is 127 Å². The molecular formula is C17H27NO3. The molecule has 0 saturated heterocycles. The molecule has 2 N–H and O–H groups in total. The van der Waals surface area contributed by atoms with E-state index in [2.05, 4.69) is 12.2 Å². The summed E-state index contributed by atoms with van der Waals surface area (Å²) in [5, 5.41) is 13.2. The third-order valence-electron chi connectivity index (χ3n) is 3.69. The second-order valence-electron chi connectivity index (χ2n) is 6.15. The van der Waals surface area contributed by atoms with E-state index in [9.17, 15) is 5.11 Å².